The van der Waals surface area contributed by atoms with Crippen LogP contribution in [0.25, 0.3) is 0 Å². The van der Waals surface area contributed by atoms with Crippen LogP contribution in [0.1, 0.15) is 63.1 Å². The molecule has 3 rings (SSSR count). The lowest BCUT2D eigenvalue weighted by Gasteiger charge is -2.23. The lowest BCUT2D eigenvalue weighted by molar-refractivity contribution is -0.384. The molecule has 0 amide bonds. The van der Waals surface area contributed by atoms with Gasteiger partial charge < -0.3 is 4.57 Å². The van der Waals surface area contributed by atoms with Gasteiger partial charge >= 0.3 is 0 Å². The van der Waals surface area contributed by atoms with E-state index in [2.05, 4.69) is 23.8 Å². The largest absolute Gasteiger partial charge is 0.320 e. The van der Waals surface area contributed by atoms with Crippen molar-refractivity contribution < 1.29 is 4.92 Å². The zero-order valence-corrected chi connectivity index (χ0v) is 16.6. The number of hydrogen-bond acceptors (Lipinski definition) is 4. The first-order valence-electron chi connectivity index (χ1n) is 9.43. The quantitative estimate of drug-likeness (QED) is 0.498. The minimum Gasteiger partial charge on any atom is -0.320 e. The molecule has 2 aromatic rings. The van der Waals surface area contributed by atoms with E-state index >= 15 is 0 Å². The summed E-state index contributed by atoms with van der Waals surface area (Å²) in [4.78, 5) is 16.5. The van der Waals surface area contributed by atoms with Gasteiger partial charge in [0, 0.05) is 35.7 Å². The first-order valence-corrected chi connectivity index (χ1v) is 10.3. The maximum Gasteiger partial charge on any atom is 0.269 e. The number of nitro groups is 1. The SMILES string of the molecule is Cc1cc([N+](=O)[O-])ccc1N=c1scc(C2CCCCC2)n1CC(C)C. The number of rotatable bonds is 5. The second kappa shape index (κ2) is 8.16. The van der Waals surface area contributed by atoms with Crippen molar-refractivity contribution in [3.63, 3.8) is 0 Å². The molecule has 1 aliphatic carbocycles. The monoisotopic (exact) mass is 373 g/mol. The number of nitro benzene ring substituents is 1. The van der Waals surface area contributed by atoms with Crippen LogP contribution in [0.4, 0.5) is 11.4 Å². The lowest BCUT2D eigenvalue weighted by atomic mass is 9.87. The molecule has 0 unspecified atom stereocenters. The molecule has 26 heavy (non-hydrogen) atoms. The molecule has 140 valence electrons. The molecule has 0 bridgehead atoms. The van der Waals surface area contributed by atoms with E-state index in [0.29, 0.717) is 11.8 Å². The maximum atomic E-state index is 10.9. The van der Waals surface area contributed by atoms with Crippen molar-refractivity contribution in [2.75, 3.05) is 0 Å². The third kappa shape index (κ3) is 4.23. The Bertz CT molecular complexity index is 845. The van der Waals surface area contributed by atoms with E-state index in [1.54, 1.807) is 23.5 Å². The molecule has 1 saturated carbocycles. The third-order valence-electron chi connectivity index (χ3n) is 5.01. The number of aryl methyl sites for hydroxylation is 1. The minimum atomic E-state index is -0.359. The molecule has 5 nitrogen and oxygen atoms in total. The lowest BCUT2D eigenvalue weighted by Crippen LogP contribution is -2.22. The Labute approximate surface area is 158 Å². The fourth-order valence-electron chi connectivity index (χ4n) is 3.68. The van der Waals surface area contributed by atoms with Gasteiger partial charge in [0.15, 0.2) is 4.80 Å². The van der Waals surface area contributed by atoms with Gasteiger partial charge in [0.25, 0.3) is 5.69 Å². The van der Waals surface area contributed by atoms with E-state index in [1.807, 2.05) is 6.92 Å². The van der Waals surface area contributed by atoms with Crippen LogP contribution in [0.3, 0.4) is 0 Å². The van der Waals surface area contributed by atoms with Gasteiger partial charge in [0.05, 0.1) is 10.6 Å². The van der Waals surface area contributed by atoms with Crippen molar-refractivity contribution in [3.05, 3.63) is 49.8 Å². The van der Waals surface area contributed by atoms with Gasteiger partial charge in [-0.15, -0.1) is 11.3 Å². The Balaban J connectivity index is 2.02. The Morgan fingerprint density at radius 1 is 1.31 bits per heavy atom. The van der Waals surface area contributed by atoms with E-state index in [4.69, 9.17) is 4.99 Å². The van der Waals surface area contributed by atoms with E-state index in [1.165, 1.54) is 43.9 Å². The summed E-state index contributed by atoms with van der Waals surface area (Å²) in [5, 5.41) is 13.2. The minimum absolute atomic E-state index is 0.116. The van der Waals surface area contributed by atoms with Gasteiger partial charge in [-0.2, -0.15) is 0 Å². The van der Waals surface area contributed by atoms with Gasteiger partial charge in [0.1, 0.15) is 0 Å². The number of hydrogen-bond donors (Lipinski definition) is 0. The summed E-state index contributed by atoms with van der Waals surface area (Å²) >= 11 is 1.69. The molecule has 1 fully saturated rings. The van der Waals surface area contributed by atoms with Crippen molar-refractivity contribution in [1.82, 2.24) is 4.57 Å². The topological polar surface area (TPSA) is 60.4 Å². The van der Waals surface area contributed by atoms with Crippen LogP contribution in [0.5, 0.6) is 0 Å². The fourth-order valence-corrected chi connectivity index (χ4v) is 4.69. The Morgan fingerprint density at radius 2 is 2.04 bits per heavy atom. The molecule has 0 radical (unpaired) electrons. The average molecular weight is 374 g/mol. The summed E-state index contributed by atoms with van der Waals surface area (Å²) in [6.45, 7) is 7.31. The van der Waals surface area contributed by atoms with E-state index in [-0.39, 0.29) is 10.6 Å². The number of aromatic nitrogens is 1. The van der Waals surface area contributed by atoms with E-state index in [0.717, 1.165) is 22.6 Å². The summed E-state index contributed by atoms with van der Waals surface area (Å²) < 4.78 is 2.38. The smallest absolute Gasteiger partial charge is 0.269 e. The molecule has 0 N–H and O–H groups in total. The summed E-state index contributed by atoms with van der Waals surface area (Å²) in [5.74, 6) is 1.18. The molecule has 1 aromatic carbocycles. The van der Waals surface area contributed by atoms with Crippen molar-refractivity contribution in [2.24, 2.45) is 10.9 Å². The second-order valence-electron chi connectivity index (χ2n) is 7.62. The number of benzene rings is 1. The van der Waals surface area contributed by atoms with Crippen LogP contribution in [0.2, 0.25) is 0 Å². The first-order chi connectivity index (χ1) is 12.5. The highest BCUT2D eigenvalue weighted by atomic mass is 32.1. The molecule has 0 atom stereocenters. The molecule has 6 heteroatoms. The van der Waals surface area contributed by atoms with Crippen molar-refractivity contribution in [2.45, 2.75) is 65.3 Å². The van der Waals surface area contributed by atoms with Gasteiger partial charge in [-0.1, -0.05) is 33.1 Å². The van der Waals surface area contributed by atoms with Crippen molar-refractivity contribution >= 4 is 22.7 Å². The number of thiazole rings is 1. The fraction of sp³-hybridized carbons (Fsp3) is 0.550. The van der Waals surface area contributed by atoms with Crippen LogP contribution in [-0.4, -0.2) is 9.49 Å². The van der Waals surface area contributed by atoms with E-state index < -0.39 is 0 Å². The summed E-state index contributed by atoms with van der Waals surface area (Å²) in [5.41, 5.74) is 3.18. The molecule has 0 spiro atoms. The van der Waals surface area contributed by atoms with Crippen molar-refractivity contribution in [1.29, 1.82) is 0 Å². The maximum absolute atomic E-state index is 10.9. The Morgan fingerprint density at radius 3 is 2.65 bits per heavy atom. The Hall–Kier alpha value is -1.95. The van der Waals surface area contributed by atoms with Crippen LogP contribution < -0.4 is 4.80 Å². The first kappa shape index (κ1) is 18.8. The van der Waals surface area contributed by atoms with Crippen LogP contribution in [0, 0.1) is 23.0 Å². The third-order valence-corrected chi connectivity index (χ3v) is 5.89. The van der Waals surface area contributed by atoms with Crippen molar-refractivity contribution in [3.8, 4) is 0 Å². The highest BCUT2D eigenvalue weighted by Crippen LogP contribution is 2.33. The molecular weight excluding hydrogens is 346 g/mol. The zero-order chi connectivity index (χ0) is 18.7. The summed E-state index contributed by atoms with van der Waals surface area (Å²) in [6.07, 6.45) is 6.52. The summed E-state index contributed by atoms with van der Waals surface area (Å²) in [7, 11) is 0. The predicted octanol–water partition coefficient (Wildman–Crippen LogP) is 5.70. The highest BCUT2D eigenvalue weighted by Gasteiger charge is 2.20. The van der Waals surface area contributed by atoms with Crippen LogP contribution in [-0.2, 0) is 6.54 Å². The molecule has 1 heterocycles. The van der Waals surface area contributed by atoms with Crippen LogP contribution in [0.15, 0.2) is 28.6 Å². The molecular formula is C20H27N3O2S. The number of non-ortho nitro benzene ring substituents is 1. The molecule has 0 aliphatic heterocycles. The Kier molecular flexibility index (Phi) is 5.91. The molecule has 1 aliphatic rings. The zero-order valence-electron chi connectivity index (χ0n) is 15.8. The number of nitrogens with zero attached hydrogens (tertiary/aromatic N) is 3. The average Bonchev–Trinajstić information content (AvgIpc) is 2.99. The second-order valence-corrected chi connectivity index (χ2v) is 8.46. The van der Waals surface area contributed by atoms with E-state index in [9.17, 15) is 10.1 Å². The normalized spacial score (nSPS) is 16.4. The molecule has 0 saturated heterocycles. The summed E-state index contributed by atoms with van der Waals surface area (Å²) in [6, 6.07) is 4.89. The molecule has 1 aromatic heterocycles. The van der Waals surface area contributed by atoms with Gasteiger partial charge in [-0.3, -0.25) is 10.1 Å². The predicted molar refractivity (Wildman–Crippen MR) is 106 cm³/mol. The highest BCUT2D eigenvalue weighted by molar-refractivity contribution is 7.07. The van der Waals surface area contributed by atoms with Gasteiger partial charge in [-0.25, -0.2) is 4.99 Å². The van der Waals surface area contributed by atoms with Gasteiger partial charge in [-0.05, 0) is 37.3 Å². The van der Waals surface area contributed by atoms with Crippen LogP contribution >= 0.6 is 11.3 Å². The standard InChI is InChI=1S/C20H27N3O2S/c1-14(2)12-22-19(16-7-5-4-6-8-16)13-26-20(22)21-18-10-9-17(23(24)25)11-15(18)3/h9-11,13-14,16H,4-8,12H2,1-3H3. The van der Waals surface area contributed by atoms with Gasteiger partial charge in [0.2, 0.25) is 0 Å².